The van der Waals surface area contributed by atoms with Gasteiger partial charge >= 0.3 is 0 Å². The van der Waals surface area contributed by atoms with Crippen LogP contribution in [0.25, 0.3) is 0 Å². The first-order valence-electron chi connectivity index (χ1n) is 6.55. The van der Waals surface area contributed by atoms with E-state index >= 15 is 0 Å². The number of sulfonamides is 1. The van der Waals surface area contributed by atoms with Gasteiger partial charge in [0.05, 0.1) is 11.5 Å². The van der Waals surface area contributed by atoms with Gasteiger partial charge in [-0.05, 0) is 26.0 Å². The van der Waals surface area contributed by atoms with Gasteiger partial charge in [0.1, 0.15) is 11.4 Å². The average molecular weight is 327 g/mol. The Balaban J connectivity index is 2.35. The molecule has 7 heteroatoms. The van der Waals surface area contributed by atoms with Crippen molar-refractivity contribution >= 4 is 15.7 Å². The standard InChI is InChI=1S/C15H15F2NO3S/c1-3-21-11-8-13(16)15(14(17)9-11)18-22(19,20)12-6-4-10(2)5-7-12/h4-9,18H,3H2,1-2H3. The molecule has 0 aliphatic carbocycles. The highest BCUT2D eigenvalue weighted by Gasteiger charge is 2.20. The van der Waals surface area contributed by atoms with Gasteiger partial charge in [-0.25, -0.2) is 17.2 Å². The van der Waals surface area contributed by atoms with Gasteiger partial charge in [0.15, 0.2) is 11.6 Å². The van der Waals surface area contributed by atoms with Crippen molar-refractivity contribution in [3.8, 4) is 5.75 Å². The number of halogens is 2. The van der Waals surface area contributed by atoms with Gasteiger partial charge in [-0.1, -0.05) is 17.7 Å². The van der Waals surface area contributed by atoms with Crippen molar-refractivity contribution in [1.82, 2.24) is 0 Å². The molecule has 2 rings (SSSR count). The second-order valence-electron chi connectivity index (χ2n) is 4.61. The molecule has 118 valence electrons. The van der Waals surface area contributed by atoms with Gasteiger partial charge in [0.2, 0.25) is 0 Å². The number of ether oxygens (including phenoxy) is 1. The molecule has 0 heterocycles. The van der Waals surface area contributed by atoms with E-state index in [0.717, 1.165) is 17.7 Å². The molecule has 1 N–H and O–H groups in total. The normalized spacial score (nSPS) is 11.3. The SMILES string of the molecule is CCOc1cc(F)c(NS(=O)(=O)c2ccc(C)cc2)c(F)c1. The summed E-state index contributed by atoms with van der Waals surface area (Å²) in [4.78, 5) is -0.0780. The molecule has 2 aromatic carbocycles. The third kappa shape index (κ3) is 3.54. The molecule has 0 unspecified atom stereocenters. The number of aryl methyl sites for hydroxylation is 1. The molecule has 0 amide bonds. The van der Waals surface area contributed by atoms with E-state index in [1.807, 2.05) is 4.72 Å². The molecule has 4 nitrogen and oxygen atoms in total. The van der Waals surface area contributed by atoms with Gasteiger partial charge in [-0.15, -0.1) is 0 Å². The minimum atomic E-state index is -4.07. The predicted molar refractivity (Wildman–Crippen MR) is 79.5 cm³/mol. The van der Waals surface area contributed by atoms with Gasteiger partial charge in [-0.3, -0.25) is 4.72 Å². The van der Waals surface area contributed by atoms with E-state index in [1.54, 1.807) is 26.0 Å². The fourth-order valence-electron chi connectivity index (χ4n) is 1.81. The van der Waals surface area contributed by atoms with E-state index in [0.29, 0.717) is 0 Å². The topological polar surface area (TPSA) is 55.4 Å². The Kier molecular flexibility index (Phi) is 4.65. The molecule has 0 fully saturated rings. The Bertz CT molecular complexity index is 751. The Labute approximate surface area is 127 Å². The maximum atomic E-state index is 13.9. The lowest BCUT2D eigenvalue weighted by Gasteiger charge is -2.12. The summed E-state index contributed by atoms with van der Waals surface area (Å²) >= 11 is 0. The van der Waals surface area contributed by atoms with E-state index < -0.39 is 27.3 Å². The molecular weight excluding hydrogens is 312 g/mol. The number of hydrogen-bond acceptors (Lipinski definition) is 3. The minimum absolute atomic E-state index is 0.00390. The van der Waals surface area contributed by atoms with Crippen LogP contribution in [-0.2, 0) is 10.0 Å². The zero-order valence-electron chi connectivity index (χ0n) is 12.1. The lowest BCUT2D eigenvalue weighted by molar-refractivity contribution is 0.336. The quantitative estimate of drug-likeness (QED) is 0.915. The van der Waals surface area contributed by atoms with Crippen LogP contribution in [0.1, 0.15) is 12.5 Å². The molecule has 0 aromatic heterocycles. The molecule has 22 heavy (non-hydrogen) atoms. The Hall–Kier alpha value is -2.15. The molecule has 0 radical (unpaired) electrons. The molecule has 0 bridgehead atoms. The lowest BCUT2D eigenvalue weighted by Crippen LogP contribution is -2.15. The first kappa shape index (κ1) is 16.2. The van der Waals surface area contributed by atoms with Crippen LogP contribution in [0, 0.1) is 18.6 Å². The van der Waals surface area contributed by atoms with Gasteiger partial charge in [0.25, 0.3) is 10.0 Å². The van der Waals surface area contributed by atoms with Crippen LogP contribution in [0.2, 0.25) is 0 Å². The number of nitrogens with one attached hydrogen (secondary N) is 1. The van der Waals surface area contributed by atoms with Crippen molar-refractivity contribution in [1.29, 1.82) is 0 Å². The van der Waals surface area contributed by atoms with E-state index in [2.05, 4.69) is 0 Å². The molecule has 2 aromatic rings. The smallest absolute Gasteiger partial charge is 0.262 e. The number of anilines is 1. The third-order valence-corrected chi connectivity index (χ3v) is 4.26. The first-order valence-corrected chi connectivity index (χ1v) is 8.03. The van der Waals surface area contributed by atoms with Crippen LogP contribution in [0.5, 0.6) is 5.75 Å². The summed E-state index contributed by atoms with van der Waals surface area (Å²) in [7, 11) is -4.07. The average Bonchev–Trinajstić information content (AvgIpc) is 2.44. The number of hydrogen-bond donors (Lipinski definition) is 1. The van der Waals surface area contributed by atoms with Crippen LogP contribution in [0.3, 0.4) is 0 Å². The minimum Gasteiger partial charge on any atom is -0.494 e. The molecule has 0 spiro atoms. The predicted octanol–water partition coefficient (Wildman–Crippen LogP) is 3.47. The molecule has 0 saturated heterocycles. The van der Waals surface area contributed by atoms with E-state index in [1.165, 1.54) is 12.1 Å². The van der Waals surface area contributed by atoms with Gasteiger partial charge in [0, 0.05) is 12.1 Å². The summed E-state index contributed by atoms with van der Waals surface area (Å²) in [5, 5.41) is 0. The van der Waals surface area contributed by atoms with Gasteiger partial charge in [-0.2, -0.15) is 0 Å². The summed E-state index contributed by atoms with van der Waals surface area (Å²) in [6, 6.07) is 7.78. The Morgan fingerprint density at radius 2 is 1.64 bits per heavy atom. The maximum absolute atomic E-state index is 13.9. The van der Waals surface area contributed by atoms with Crippen molar-refractivity contribution in [2.45, 2.75) is 18.7 Å². The summed E-state index contributed by atoms with van der Waals surface area (Å²) in [5.74, 6) is -2.09. The van der Waals surface area contributed by atoms with E-state index in [-0.39, 0.29) is 17.3 Å². The van der Waals surface area contributed by atoms with Crippen molar-refractivity contribution in [2.24, 2.45) is 0 Å². The van der Waals surface area contributed by atoms with Crippen molar-refractivity contribution < 1.29 is 21.9 Å². The monoisotopic (exact) mass is 327 g/mol. The fourth-order valence-corrected chi connectivity index (χ4v) is 2.88. The maximum Gasteiger partial charge on any atom is 0.262 e. The summed E-state index contributed by atoms with van der Waals surface area (Å²) < 4.78 is 59.0. The van der Waals surface area contributed by atoms with Crippen LogP contribution in [-0.4, -0.2) is 15.0 Å². The second kappa shape index (κ2) is 6.31. The highest BCUT2D eigenvalue weighted by Crippen LogP contribution is 2.27. The second-order valence-corrected chi connectivity index (χ2v) is 6.30. The molecule has 0 atom stereocenters. The summed E-state index contributed by atoms with van der Waals surface area (Å²) in [6.07, 6.45) is 0. The van der Waals surface area contributed by atoms with Crippen molar-refractivity contribution in [3.05, 3.63) is 53.6 Å². The summed E-state index contributed by atoms with van der Waals surface area (Å²) in [6.45, 7) is 3.72. The van der Waals surface area contributed by atoms with Crippen molar-refractivity contribution in [3.63, 3.8) is 0 Å². The molecule has 0 aliphatic heterocycles. The summed E-state index contributed by atoms with van der Waals surface area (Å²) in [5.41, 5.74) is 0.140. The zero-order valence-corrected chi connectivity index (χ0v) is 12.9. The van der Waals surface area contributed by atoms with Crippen LogP contribution >= 0.6 is 0 Å². The highest BCUT2D eigenvalue weighted by molar-refractivity contribution is 7.92. The van der Waals surface area contributed by atoms with Gasteiger partial charge < -0.3 is 4.74 Å². The van der Waals surface area contributed by atoms with Crippen LogP contribution < -0.4 is 9.46 Å². The highest BCUT2D eigenvalue weighted by atomic mass is 32.2. The number of rotatable bonds is 5. The van der Waals surface area contributed by atoms with E-state index in [4.69, 9.17) is 4.74 Å². The van der Waals surface area contributed by atoms with Crippen LogP contribution in [0.4, 0.5) is 14.5 Å². The Morgan fingerprint density at radius 1 is 1.09 bits per heavy atom. The molecule has 0 aliphatic rings. The largest absolute Gasteiger partial charge is 0.494 e. The third-order valence-electron chi connectivity index (χ3n) is 2.89. The van der Waals surface area contributed by atoms with Crippen LogP contribution in [0.15, 0.2) is 41.3 Å². The number of benzene rings is 2. The zero-order chi connectivity index (χ0) is 16.3. The fraction of sp³-hybridized carbons (Fsp3) is 0.200. The molecular formula is C15H15F2NO3S. The lowest BCUT2D eigenvalue weighted by atomic mass is 10.2. The van der Waals surface area contributed by atoms with Crippen molar-refractivity contribution in [2.75, 3.05) is 11.3 Å². The Morgan fingerprint density at radius 3 is 2.14 bits per heavy atom. The van der Waals surface area contributed by atoms with E-state index in [9.17, 15) is 17.2 Å². The molecule has 0 saturated carbocycles. The first-order chi connectivity index (χ1) is 10.3.